The Bertz CT molecular complexity index is 1320. The number of hydrogen-bond donors (Lipinski definition) is 2. The van der Waals surface area contributed by atoms with E-state index in [0.717, 1.165) is 0 Å². The summed E-state index contributed by atoms with van der Waals surface area (Å²) in [5.41, 5.74) is 1.36. The van der Waals surface area contributed by atoms with Crippen molar-refractivity contribution in [3.05, 3.63) is 47.9 Å². The number of H-pyrrole nitrogens is 1. The van der Waals surface area contributed by atoms with Gasteiger partial charge in [-0.25, -0.2) is 4.79 Å². The molecule has 1 amide bonds. The fourth-order valence-corrected chi connectivity index (χ4v) is 3.49. The lowest BCUT2D eigenvalue weighted by atomic mass is 10.2. The summed E-state index contributed by atoms with van der Waals surface area (Å²) >= 11 is 0. The average molecular weight is 438 g/mol. The van der Waals surface area contributed by atoms with Gasteiger partial charge in [0.05, 0.1) is 39.1 Å². The van der Waals surface area contributed by atoms with Crippen molar-refractivity contribution in [3.63, 3.8) is 0 Å². The first-order chi connectivity index (χ1) is 15.5. The Kier molecular flexibility index (Phi) is 5.63. The number of aromatic amines is 1. The summed E-state index contributed by atoms with van der Waals surface area (Å²) in [6.07, 6.45) is 0. The summed E-state index contributed by atoms with van der Waals surface area (Å²) in [6.45, 7) is 1.88. The van der Waals surface area contributed by atoms with Gasteiger partial charge in [-0.2, -0.15) is 0 Å². The van der Waals surface area contributed by atoms with Gasteiger partial charge in [-0.3, -0.25) is 4.79 Å². The zero-order chi connectivity index (χ0) is 22.8. The normalized spacial score (nSPS) is 10.9. The Morgan fingerprint density at radius 1 is 1.00 bits per heavy atom. The lowest BCUT2D eigenvalue weighted by Gasteiger charge is -2.09. The maximum atomic E-state index is 13.1. The van der Waals surface area contributed by atoms with Crippen molar-refractivity contribution in [1.82, 2.24) is 4.98 Å². The first-order valence-corrected chi connectivity index (χ1v) is 9.83. The third kappa shape index (κ3) is 3.58. The highest BCUT2D eigenvalue weighted by atomic mass is 16.5. The molecule has 4 aromatic rings. The van der Waals surface area contributed by atoms with Crippen LogP contribution in [0.25, 0.3) is 21.9 Å². The van der Waals surface area contributed by atoms with E-state index < -0.39 is 11.9 Å². The van der Waals surface area contributed by atoms with Gasteiger partial charge in [0.25, 0.3) is 5.91 Å². The molecular formula is C23H22N2O7. The molecule has 9 heteroatoms. The van der Waals surface area contributed by atoms with Crippen molar-refractivity contribution in [2.45, 2.75) is 6.92 Å². The predicted octanol–water partition coefficient (Wildman–Crippen LogP) is 4.37. The summed E-state index contributed by atoms with van der Waals surface area (Å²) in [7, 11) is 4.54. The maximum Gasteiger partial charge on any atom is 0.356 e. The molecule has 166 valence electrons. The van der Waals surface area contributed by atoms with Crippen molar-refractivity contribution in [2.75, 3.05) is 33.3 Å². The van der Waals surface area contributed by atoms with E-state index in [1.807, 2.05) is 6.07 Å². The fourth-order valence-electron chi connectivity index (χ4n) is 3.49. The number of anilines is 1. The van der Waals surface area contributed by atoms with Crippen LogP contribution in [-0.2, 0) is 4.74 Å². The van der Waals surface area contributed by atoms with Crippen molar-refractivity contribution >= 4 is 39.4 Å². The zero-order valence-electron chi connectivity index (χ0n) is 18.0. The standard InChI is InChI=1S/C23H22N2O7/c1-5-31-23(27)20-19(13-10-16(29-3)17(30-4)11-14(13)24-20)25-22(26)18-9-12-7-6-8-15(28-2)21(12)32-18/h6-11,24H,5H2,1-4H3,(H,25,26). The number of esters is 1. The Balaban J connectivity index is 1.80. The Morgan fingerprint density at radius 2 is 1.72 bits per heavy atom. The number of para-hydroxylation sites is 1. The van der Waals surface area contributed by atoms with Gasteiger partial charge in [-0.15, -0.1) is 0 Å². The number of fused-ring (bicyclic) bond motifs is 2. The number of carbonyl (C=O) groups excluding carboxylic acids is 2. The molecule has 0 saturated carbocycles. The highest BCUT2D eigenvalue weighted by Crippen LogP contribution is 2.38. The summed E-state index contributed by atoms with van der Waals surface area (Å²) in [5.74, 6) is 0.344. The smallest absolute Gasteiger partial charge is 0.356 e. The maximum absolute atomic E-state index is 13.1. The molecule has 2 aromatic carbocycles. The monoisotopic (exact) mass is 438 g/mol. The molecular weight excluding hydrogens is 416 g/mol. The van der Waals surface area contributed by atoms with Crippen molar-refractivity contribution < 1.29 is 33.0 Å². The number of ether oxygens (including phenoxy) is 4. The van der Waals surface area contributed by atoms with Gasteiger partial charge in [0.1, 0.15) is 5.69 Å². The average Bonchev–Trinajstić information content (AvgIpc) is 3.39. The Hall–Kier alpha value is -4.14. The van der Waals surface area contributed by atoms with Crippen LogP contribution in [0.1, 0.15) is 28.0 Å². The van der Waals surface area contributed by atoms with Crippen molar-refractivity contribution in [3.8, 4) is 17.2 Å². The summed E-state index contributed by atoms with van der Waals surface area (Å²) in [6, 6.07) is 10.3. The van der Waals surface area contributed by atoms with Gasteiger partial charge in [-0.1, -0.05) is 12.1 Å². The van der Waals surface area contributed by atoms with Crippen LogP contribution in [0.3, 0.4) is 0 Å². The number of amides is 1. The Morgan fingerprint density at radius 3 is 2.41 bits per heavy atom. The second-order valence-corrected chi connectivity index (χ2v) is 6.79. The number of rotatable bonds is 7. The molecule has 0 spiro atoms. The van der Waals surface area contributed by atoms with Crippen molar-refractivity contribution in [2.24, 2.45) is 0 Å². The van der Waals surface area contributed by atoms with Crippen LogP contribution in [0, 0.1) is 0 Å². The molecule has 9 nitrogen and oxygen atoms in total. The van der Waals surface area contributed by atoms with Gasteiger partial charge >= 0.3 is 5.97 Å². The minimum absolute atomic E-state index is 0.0640. The number of furan rings is 1. The molecule has 4 rings (SSSR count). The molecule has 0 radical (unpaired) electrons. The zero-order valence-corrected chi connectivity index (χ0v) is 18.0. The minimum atomic E-state index is -0.608. The minimum Gasteiger partial charge on any atom is -0.493 e. The first-order valence-electron chi connectivity index (χ1n) is 9.83. The SMILES string of the molecule is CCOC(=O)c1[nH]c2cc(OC)c(OC)cc2c1NC(=O)c1cc2cccc(OC)c2o1. The summed E-state index contributed by atoms with van der Waals surface area (Å²) < 4.78 is 26.9. The second-order valence-electron chi connectivity index (χ2n) is 6.79. The number of hydrogen-bond acceptors (Lipinski definition) is 7. The number of methoxy groups -OCH3 is 3. The lowest BCUT2D eigenvalue weighted by molar-refractivity contribution is 0.0522. The second kappa shape index (κ2) is 8.54. The molecule has 0 aliphatic carbocycles. The van der Waals surface area contributed by atoms with Crippen LogP contribution in [0.5, 0.6) is 17.2 Å². The number of benzene rings is 2. The number of carbonyl (C=O) groups is 2. The van der Waals surface area contributed by atoms with E-state index in [0.29, 0.717) is 39.1 Å². The Labute approximate surface area is 183 Å². The summed E-state index contributed by atoms with van der Waals surface area (Å²) in [4.78, 5) is 28.6. The van der Waals surface area contributed by atoms with E-state index in [1.54, 1.807) is 37.3 Å². The lowest BCUT2D eigenvalue weighted by Crippen LogP contribution is -2.15. The molecule has 0 atom stereocenters. The molecule has 32 heavy (non-hydrogen) atoms. The highest BCUT2D eigenvalue weighted by molar-refractivity contribution is 6.15. The quantitative estimate of drug-likeness (QED) is 0.412. The fraction of sp³-hybridized carbons (Fsp3) is 0.217. The molecule has 0 fully saturated rings. The van der Waals surface area contributed by atoms with Gasteiger partial charge in [0.2, 0.25) is 0 Å². The van der Waals surface area contributed by atoms with E-state index >= 15 is 0 Å². The van der Waals surface area contributed by atoms with Gasteiger partial charge in [0.15, 0.2) is 28.6 Å². The van der Waals surface area contributed by atoms with Gasteiger partial charge < -0.3 is 33.7 Å². The third-order valence-electron chi connectivity index (χ3n) is 4.97. The molecule has 2 heterocycles. The molecule has 2 aromatic heterocycles. The highest BCUT2D eigenvalue weighted by Gasteiger charge is 2.24. The first kappa shape index (κ1) is 21.1. The molecule has 0 unspecified atom stereocenters. The molecule has 0 aliphatic rings. The van der Waals surface area contributed by atoms with Gasteiger partial charge in [-0.05, 0) is 25.1 Å². The van der Waals surface area contributed by atoms with E-state index in [1.165, 1.54) is 21.3 Å². The van der Waals surface area contributed by atoms with Crippen LogP contribution >= 0.6 is 0 Å². The van der Waals surface area contributed by atoms with Crippen LogP contribution in [-0.4, -0.2) is 44.8 Å². The van der Waals surface area contributed by atoms with Crippen LogP contribution < -0.4 is 19.5 Å². The molecule has 0 saturated heterocycles. The largest absolute Gasteiger partial charge is 0.493 e. The van der Waals surface area contributed by atoms with Crippen LogP contribution in [0.4, 0.5) is 5.69 Å². The molecule has 2 N–H and O–H groups in total. The predicted molar refractivity (Wildman–Crippen MR) is 118 cm³/mol. The van der Waals surface area contributed by atoms with E-state index in [2.05, 4.69) is 10.3 Å². The van der Waals surface area contributed by atoms with Crippen LogP contribution in [0.2, 0.25) is 0 Å². The van der Waals surface area contributed by atoms with Gasteiger partial charge in [0, 0.05) is 16.8 Å². The van der Waals surface area contributed by atoms with E-state index in [9.17, 15) is 9.59 Å². The van der Waals surface area contributed by atoms with E-state index in [-0.39, 0.29) is 23.7 Å². The summed E-state index contributed by atoms with van der Waals surface area (Å²) in [5, 5.41) is 4.04. The van der Waals surface area contributed by atoms with E-state index in [4.69, 9.17) is 23.4 Å². The van der Waals surface area contributed by atoms with Crippen molar-refractivity contribution in [1.29, 1.82) is 0 Å². The third-order valence-corrected chi connectivity index (χ3v) is 4.97. The number of nitrogens with one attached hydrogen (secondary N) is 2. The van der Waals surface area contributed by atoms with Crippen LogP contribution in [0.15, 0.2) is 40.8 Å². The number of aromatic nitrogens is 1. The molecule has 0 bridgehead atoms. The topological polar surface area (TPSA) is 112 Å². The molecule has 0 aliphatic heterocycles.